The maximum Gasteiger partial charge on any atom is 0.218 e. The number of sulfonamides is 1. The van der Waals surface area contributed by atoms with Crippen molar-refractivity contribution in [2.45, 2.75) is 25.2 Å². The molecule has 3 rings (SSSR count). The summed E-state index contributed by atoms with van der Waals surface area (Å²) in [5.74, 6) is 0.339. The zero-order valence-corrected chi connectivity index (χ0v) is 14.7. The number of aromatic nitrogens is 1. The Balaban J connectivity index is 1.64. The molecule has 1 atom stereocenters. The first-order valence-electron chi connectivity index (χ1n) is 8.02. The van der Waals surface area contributed by atoms with E-state index in [1.807, 2.05) is 37.3 Å². The van der Waals surface area contributed by atoms with Gasteiger partial charge in [0, 0.05) is 18.8 Å². The number of benzene rings is 1. The number of hydrogen-bond donors (Lipinski definition) is 0. The molecule has 1 aliphatic rings. The predicted molar refractivity (Wildman–Crippen MR) is 93.4 cm³/mol. The summed E-state index contributed by atoms with van der Waals surface area (Å²) >= 11 is 0. The van der Waals surface area contributed by atoms with Crippen molar-refractivity contribution in [3.8, 4) is 11.9 Å². The number of rotatable bonds is 5. The van der Waals surface area contributed by atoms with E-state index in [0.717, 1.165) is 11.1 Å². The van der Waals surface area contributed by atoms with Crippen LogP contribution in [0.15, 0.2) is 42.6 Å². The van der Waals surface area contributed by atoms with Gasteiger partial charge in [0.1, 0.15) is 6.10 Å². The summed E-state index contributed by atoms with van der Waals surface area (Å²) in [5.41, 5.74) is 2.29. The Kier molecular flexibility index (Phi) is 5.02. The lowest BCUT2D eigenvalue weighted by atomic mass is 10.2. The summed E-state index contributed by atoms with van der Waals surface area (Å²) in [4.78, 5) is 4.07. The van der Waals surface area contributed by atoms with Crippen LogP contribution in [0.4, 0.5) is 0 Å². The van der Waals surface area contributed by atoms with Crippen LogP contribution >= 0.6 is 0 Å². The first-order chi connectivity index (χ1) is 12.0. The van der Waals surface area contributed by atoms with Gasteiger partial charge in [-0.3, -0.25) is 0 Å². The molecule has 0 bridgehead atoms. The fourth-order valence-corrected chi connectivity index (χ4v) is 4.42. The number of nitrogens with zero attached hydrogens (tertiary/aromatic N) is 3. The molecule has 6 nitrogen and oxygen atoms in total. The molecule has 0 amide bonds. The molecule has 0 saturated carbocycles. The first-order valence-corrected chi connectivity index (χ1v) is 9.63. The quantitative estimate of drug-likeness (QED) is 0.819. The third-order valence-corrected chi connectivity index (χ3v) is 5.90. The molecule has 1 unspecified atom stereocenters. The Morgan fingerprint density at radius 3 is 2.96 bits per heavy atom. The van der Waals surface area contributed by atoms with Gasteiger partial charge in [0.15, 0.2) is 0 Å². The monoisotopic (exact) mass is 357 g/mol. The Labute approximate surface area is 147 Å². The van der Waals surface area contributed by atoms with Gasteiger partial charge < -0.3 is 4.74 Å². The molecule has 25 heavy (non-hydrogen) atoms. The van der Waals surface area contributed by atoms with Gasteiger partial charge in [0.25, 0.3) is 0 Å². The third kappa shape index (κ3) is 4.35. The summed E-state index contributed by atoms with van der Waals surface area (Å²) in [7, 11) is -3.39. The molecular formula is C18H19N3O3S. The van der Waals surface area contributed by atoms with Crippen molar-refractivity contribution in [3.05, 3.63) is 59.3 Å². The van der Waals surface area contributed by atoms with Crippen molar-refractivity contribution in [3.63, 3.8) is 0 Å². The van der Waals surface area contributed by atoms with Crippen LogP contribution in [0, 0.1) is 18.3 Å². The van der Waals surface area contributed by atoms with E-state index in [2.05, 4.69) is 4.98 Å². The molecule has 2 heterocycles. The lowest BCUT2D eigenvalue weighted by molar-refractivity contribution is 0.207. The van der Waals surface area contributed by atoms with Crippen molar-refractivity contribution >= 4 is 10.0 Å². The minimum atomic E-state index is -3.39. The van der Waals surface area contributed by atoms with Crippen molar-refractivity contribution in [1.82, 2.24) is 9.29 Å². The summed E-state index contributed by atoms with van der Waals surface area (Å²) in [6, 6.07) is 12.7. The van der Waals surface area contributed by atoms with Gasteiger partial charge >= 0.3 is 0 Å². The molecule has 130 valence electrons. The fraction of sp³-hybridized carbons (Fsp3) is 0.333. The summed E-state index contributed by atoms with van der Waals surface area (Å²) in [6.07, 6.45) is 1.86. The minimum Gasteiger partial charge on any atom is -0.473 e. The van der Waals surface area contributed by atoms with Gasteiger partial charge in [0.2, 0.25) is 15.9 Å². The van der Waals surface area contributed by atoms with Gasteiger partial charge in [-0.15, -0.1) is 0 Å². The van der Waals surface area contributed by atoms with Crippen molar-refractivity contribution in [1.29, 1.82) is 5.26 Å². The number of nitriles is 1. The number of hydrogen-bond acceptors (Lipinski definition) is 5. The van der Waals surface area contributed by atoms with Crippen LogP contribution in [-0.4, -0.2) is 36.9 Å². The molecule has 1 fully saturated rings. The Morgan fingerprint density at radius 1 is 1.36 bits per heavy atom. The highest BCUT2D eigenvalue weighted by molar-refractivity contribution is 7.88. The third-order valence-electron chi connectivity index (χ3n) is 4.08. The van der Waals surface area contributed by atoms with Gasteiger partial charge in [-0.1, -0.05) is 29.8 Å². The molecule has 2 aromatic rings. The molecule has 0 N–H and O–H groups in total. The average Bonchev–Trinajstić information content (AvgIpc) is 3.04. The zero-order valence-electron chi connectivity index (χ0n) is 13.9. The molecule has 1 aromatic heterocycles. The van der Waals surface area contributed by atoms with E-state index in [9.17, 15) is 8.42 Å². The Morgan fingerprint density at radius 2 is 2.20 bits per heavy atom. The number of ether oxygens (including phenoxy) is 1. The Bertz CT molecular complexity index is 906. The minimum absolute atomic E-state index is 0.0103. The van der Waals surface area contributed by atoms with Gasteiger partial charge in [-0.05, 0) is 25.0 Å². The fourth-order valence-electron chi connectivity index (χ4n) is 2.86. The molecule has 1 aromatic carbocycles. The van der Waals surface area contributed by atoms with E-state index in [0.29, 0.717) is 31.0 Å². The highest BCUT2D eigenvalue weighted by atomic mass is 32.2. The van der Waals surface area contributed by atoms with Crippen molar-refractivity contribution in [2.24, 2.45) is 0 Å². The maximum absolute atomic E-state index is 12.6. The second-order valence-corrected chi connectivity index (χ2v) is 8.10. The second kappa shape index (κ2) is 7.21. The van der Waals surface area contributed by atoms with E-state index in [1.54, 1.807) is 12.1 Å². The normalized spacial score (nSPS) is 18.0. The molecular weight excluding hydrogens is 338 g/mol. The van der Waals surface area contributed by atoms with Gasteiger partial charge in [-0.25, -0.2) is 13.4 Å². The van der Waals surface area contributed by atoms with E-state index in [1.165, 1.54) is 10.5 Å². The van der Waals surface area contributed by atoms with Crippen LogP contribution in [-0.2, 0) is 15.8 Å². The van der Waals surface area contributed by atoms with Crippen LogP contribution in [0.1, 0.15) is 23.1 Å². The van der Waals surface area contributed by atoms with Crippen LogP contribution in [0.25, 0.3) is 0 Å². The average molecular weight is 357 g/mol. The smallest absolute Gasteiger partial charge is 0.218 e. The second-order valence-electron chi connectivity index (χ2n) is 6.13. The Hall–Kier alpha value is -2.43. The van der Waals surface area contributed by atoms with E-state index >= 15 is 0 Å². The van der Waals surface area contributed by atoms with E-state index < -0.39 is 10.0 Å². The highest BCUT2D eigenvalue weighted by Gasteiger charge is 2.32. The van der Waals surface area contributed by atoms with Crippen molar-refractivity contribution in [2.75, 3.05) is 13.1 Å². The molecule has 0 radical (unpaired) electrons. The molecule has 0 spiro atoms. The SMILES string of the molecule is Cc1cccc(CS(=O)(=O)N2CCC(Oc3cc(C#N)ccn3)C2)c1. The predicted octanol–water partition coefficient (Wildman–Crippen LogP) is 2.24. The summed E-state index contributed by atoms with van der Waals surface area (Å²) in [6.45, 7) is 2.67. The van der Waals surface area contributed by atoms with E-state index in [-0.39, 0.29) is 11.9 Å². The molecule has 1 aliphatic heterocycles. The summed E-state index contributed by atoms with van der Waals surface area (Å²) in [5, 5.41) is 8.91. The van der Waals surface area contributed by atoms with Gasteiger partial charge in [-0.2, -0.15) is 9.57 Å². The van der Waals surface area contributed by atoms with Crippen LogP contribution in [0.3, 0.4) is 0 Å². The van der Waals surface area contributed by atoms with Gasteiger partial charge in [0.05, 0.1) is 23.9 Å². The van der Waals surface area contributed by atoms with Crippen molar-refractivity contribution < 1.29 is 13.2 Å². The molecule has 1 saturated heterocycles. The number of pyridine rings is 1. The topological polar surface area (TPSA) is 83.3 Å². The van der Waals surface area contributed by atoms with Crippen LogP contribution in [0.5, 0.6) is 5.88 Å². The number of aryl methyl sites for hydroxylation is 1. The maximum atomic E-state index is 12.6. The van der Waals surface area contributed by atoms with E-state index in [4.69, 9.17) is 10.00 Å². The largest absolute Gasteiger partial charge is 0.473 e. The zero-order chi connectivity index (χ0) is 17.9. The molecule has 7 heteroatoms. The summed E-state index contributed by atoms with van der Waals surface area (Å²) < 4.78 is 32.5. The lowest BCUT2D eigenvalue weighted by Crippen LogP contribution is -2.32. The van der Waals surface area contributed by atoms with Crippen LogP contribution in [0.2, 0.25) is 0 Å². The standard InChI is InChI=1S/C18H19N3O3S/c1-14-3-2-4-16(9-14)13-25(22,23)21-8-6-17(12-21)24-18-10-15(11-19)5-7-20-18/h2-5,7,9-10,17H,6,8,12-13H2,1H3. The lowest BCUT2D eigenvalue weighted by Gasteiger charge is -2.17. The highest BCUT2D eigenvalue weighted by Crippen LogP contribution is 2.22. The van der Waals surface area contributed by atoms with Crippen LogP contribution < -0.4 is 4.74 Å². The first kappa shape index (κ1) is 17.4. The molecule has 0 aliphatic carbocycles.